The SMILES string of the molecule is CCc1ccc(NC(=O)N(CCC(C)C)CC(=O)Nc2cc(C)on2)cc1. The summed E-state index contributed by atoms with van der Waals surface area (Å²) in [5.41, 5.74) is 1.91. The van der Waals surface area contributed by atoms with Gasteiger partial charge in [0, 0.05) is 18.3 Å². The summed E-state index contributed by atoms with van der Waals surface area (Å²) in [7, 11) is 0. The van der Waals surface area contributed by atoms with E-state index in [1.165, 1.54) is 10.5 Å². The van der Waals surface area contributed by atoms with Gasteiger partial charge in [-0.15, -0.1) is 0 Å². The number of amides is 3. The van der Waals surface area contributed by atoms with Crippen LogP contribution in [0.25, 0.3) is 0 Å². The second kappa shape index (κ2) is 9.75. The summed E-state index contributed by atoms with van der Waals surface area (Å²) < 4.78 is 4.94. The van der Waals surface area contributed by atoms with Crippen LogP contribution in [0.2, 0.25) is 0 Å². The lowest BCUT2D eigenvalue weighted by Crippen LogP contribution is -2.41. The molecule has 0 aliphatic heterocycles. The molecule has 27 heavy (non-hydrogen) atoms. The van der Waals surface area contributed by atoms with E-state index < -0.39 is 0 Å². The topological polar surface area (TPSA) is 87.5 Å². The van der Waals surface area contributed by atoms with Crippen LogP contribution in [0, 0.1) is 12.8 Å². The van der Waals surface area contributed by atoms with Crippen LogP contribution in [-0.4, -0.2) is 35.1 Å². The Morgan fingerprint density at radius 2 is 1.89 bits per heavy atom. The zero-order chi connectivity index (χ0) is 19.8. The molecular weight excluding hydrogens is 344 g/mol. The van der Waals surface area contributed by atoms with Crippen LogP contribution in [0.5, 0.6) is 0 Å². The number of aromatic nitrogens is 1. The molecule has 0 saturated heterocycles. The number of anilines is 2. The maximum Gasteiger partial charge on any atom is 0.322 e. The smallest absolute Gasteiger partial charge is 0.322 e. The van der Waals surface area contributed by atoms with Crippen molar-refractivity contribution in [1.82, 2.24) is 10.1 Å². The summed E-state index contributed by atoms with van der Waals surface area (Å²) in [4.78, 5) is 26.5. The molecule has 7 heteroatoms. The molecule has 1 aromatic carbocycles. The maximum absolute atomic E-state index is 12.7. The van der Waals surface area contributed by atoms with Gasteiger partial charge in [-0.3, -0.25) is 4.79 Å². The van der Waals surface area contributed by atoms with Crippen molar-refractivity contribution in [2.24, 2.45) is 5.92 Å². The largest absolute Gasteiger partial charge is 0.360 e. The fourth-order valence-electron chi connectivity index (χ4n) is 2.47. The second-order valence-electron chi connectivity index (χ2n) is 6.96. The van der Waals surface area contributed by atoms with Gasteiger partial charge in [-0.2, -0.15) is 0 Å². The van der Waals surface area contributed by atoms with E-state index in [2.05, 4.69) is 36.6 Å². The van der Waals surface area contributed by atoms with Crippen LogP contribution in [0.1, 0.15) is 38.5 Å². The van der Waals surface area contributed by atoms with Gasteiger partial charge in [-0.05, 0) is 43.4 Å². The van der Waals surface area contributed by atoms with Crippen molar-refractivity contribution >= 4 is 23.4 Å². The molecule has 2 rings (SSSR count). The Kier molecular flexibility index (Phi) is 7.40. The van der Waals surface area contributed by atoms with E-state index in [0.29, 0.717) is 29.7 Å². The Bertz CT molecular complexity index is 753. The Morgan fingerprint density at radius 3 is 2.44 bits per heavy atom. The molecular formula is C20H28N4O3. The highest BCUT2D eigenvalue weighted by Gasteiger charge is 2.18. The second-order valence-corrected chi connectivity index (χ2v) is 6.96. The van der Waals surface area contributed by atoms with E-state index in [0.717, 1.165) is 12.8 Å². The number of carbonyl (C=O) groups excluding carboxylic acids is 2. The fraction of sp³-hybridized carbons (Fsp3) is 0.450. The number of nitrogens with zero attached hydrogens (tertiary/aromatic N) is 2. The minimum Gasteiger partial charge on any atom is -0.360 e. The zero-order valence-corrected chi connectivity index (χ0v) is 16.4. The standard InChI is InChI=1S/C20H28N4O3/c1-5-16-6-8-17(9-7-16)21-20(26)24(11-10-14(2)3)13-19(25)22-18-12-15(4)27-23-18/h6-9,12,14H,5,10-11,13H2,1-4H3,(H,21,26)(H,22,23,25). The van der Waals surface area contributed by atoms with Gasteiger partial charge in [0.1, 0.15) is 12.3 Å². The van der Waals surface area contributed by atoms with Crippen molar-refractivity contribution in [3.8, 4) is 0 Å². The molecule has 1 aromatic heterocycles. The van der Waals surface area contributed by atoms with Crippen LogP contribution in [0.4, 0.5) is 16.3 Å². The molecule has 0 unspecified atom stereocenters. The Morgan fingerprint density at radius 1 is 1.19 bits per heavy atom. The summed E-state index contributed by atoms with van der Waals surface area (Å²) in [6, 6.07) is 9.03. The molecule has 146 valence electrons. The van der Waals surface area contributed by atoms with Crippen molar-refractivity contribution in [2.45, 2.75) is 40.5 Å². The molecule has 0 aliphatic rings. The summed E-state index contributed by atoms with van der Waals surface area (Å²) in [6.45, 7) is 8.42. The first-order valence-electron chi connectivity index (χ1n) is 9.25. The van der Waals surface area contributed by atoms with Gasteiger partial charge in [-0.25, -0.2) is 4.79 Å². The molecule has 0 aliphatic carbocycles. The zero-order valence-electron chi connectivity index (χ0n) is 16.4. The number of hydrogen-bond acceptors (Lipinski definition) is 4. The molecule has 3 amide bonds. The van der Waals surface area contributed by atoms with Gasteiger partial charge < -0.3 is 20.1 Å². The molecule has 0 radical (unpaired) electrons. The van der Waals surface area contributed by atoms with E-state index in [1.807, 2.05) is 24.3 Å². The monoisotopic (exact) mass is 372 g/mol. The van der Waals surface area contributed by atoms with Crippen molar-refractivity contribution in [3.05, 3.63) is 41.7 Å². The maximum atomic E-state index is 12.7. The lowest BCUT2D eigenvalue weighted by Gasteiger charge is -2.23. The summed E-state index contributed by atoms with van der Waals surface area (Å²) >= 11 is 0. The third-order valence-electron chi connectivity index (χ3n) is 4.11. The Labute approximate surface area is 160 Å². The first-order chi connectivity index (χ1) is 12.9. The minimum absolute atomic E-state index is 0.0580. The summed E-state index contributed by atoms with van der Waals surface area (Å²) in [5, 5.41) is 9.25. The molecule has 0 spiro atoms. The number of rotatable bonds is 8. The van der Waals surface area contributed by atoms with Crippen molar-refractivity contribution in [3.63, 3.8) is 0 Å². The van der Waals surface area contributed by atoms with Gasteiger partial charge in [0.25, 0.3) is 0 Å². The van der Waals surface area contributed by atoms with Gasteiger partial charge in [0.05, 0.1) is 0 Å². The molecule has 7 nitrogen and oxygen atoms in total. The highest BCUT2D eigenvalue weighted by molar-refractivity contribution is 5.96. The van der Waals surface area contributed by atoms with E-state index in [-0.39, 0.29) is 18.5 Å². The average molecular weight is 372 g/mol. The van der Waals surface area contributed by atoms with Crippen LogP contribution in [-0.2, 0) is 11.2 Å². The molecule has 0 bridgehead atoms. The average Bonchev–Trinajstić information content (AvgIpc) is 3.03. The number of nitrogens with one attached hydrogen (secondary N) is 2. The molecule has 2 N–H and O–H groups in total. The van der Waals surface area contributed by atoms with Crippen molar-refractivity contribution in [2.75, 3.05) is 23.7 Å². The quantitative estimate of drug-likeness (QED) is 0.731. The predicted molar refractivity (Wildman–Crippen MR) is 106 cm³/mol. The number of aryl methyl sites for hydroxylation is 2. The van der Waals surface area contributed by atoms with Crippen LogP contribution in [0.15, 0.2) is 34.9 Å². The number of hydrogen-bond donors (Lipinski definition) is 2. The van der Waals surface area contributed by atoms with Gasteiger partial charge in [0.15, 0.2) is 5.82 Å². The lowest BCUT2D eigenvalue weighted by molar-refractivity contribution is -0.116. The molecule has 0 fully saturated rings. The van der Waals surface area contributed by atoms with Crippen molar-refractivity contribution in [1.29, 1.82) is 0 Å². The summed E-state index contributed by atoms with van der Waals surface area (Å²) in [5.74, 6) is 1.06. The highest BCUT2D eigenvalue weighted by atomic mass is 16.5. The fourth-order valence-corrected chi connectivity index (χ4v) is 2.47. The van der Waals surface area contributed by atoms with E-state index in [9.17, 15) is 9.59 Å². The highest BCUT2D eigenvalue weighted by Crippen LogP contribution is 2.12. The predicted octanol–water partition coefficient (Wildman–Crippen LogP) is 4.06. The third kappa shape index (κ3) is 6.77. The van der Waals surface area contributed by atoms with Gasteiger partial charge in [0.2, 0.25) is 5.91 Å². The minimum atomic E-state index is -0.316. The first kappa shape index (κ1) is 20.5. The van der Waals surface area contributed by atoms with Crippen molar-refractivity contribution < 1.29 is 14.1 Å². The molecule has 0 atom stereocenters. The third-order valence-corrected chi connectivity index (χ3v) is 4.11. The Balaban J connectivity index is 2.00. The van der Waals surface area contributed by atoms with Gasteiger partial charge in [-0.1, -0.05) is 38.1 Å². The molecule has 1 heterocycles. The van der Waals surface area contributed by atoms with E-state index in [1.54, 1.807) is 13.0 Å². The summed E-state index contributed by atoms with van der Waals surface area (Å²) in [6.07, 6.45) is 1.75. The molecule has 0 saturated carbocycles. The van der Waals surface area contributed by atoms with Crippen LogP contribution >= 0.6 is 0 Å². The number of carbonyl (C=O) groups is 2. The van der Waals surface area contributed by atoms with E-state index >= 15 is 0 Å². The lowest BCUT2D eigenvalue weighted by atomic mass is 10.1. The van der Waals surface area contributed by atoms with Gasteiger partial charge >= 0.3 is 6.03 Å². The molecule has 2 aromatic rings. The van der Waals surface area contributed by atoms with Crippen LogP contribution in [0.3, 0.4) is 0 Å². The first-order valence-corrected chi connectivity index (χ1v) is 9.25. The van der Waals surface area contributed by atoms with E-state index in [4.69, 9.17) is 4.52 Å². The number of urea groups is 1. The number of benzene rings is 1. The Hall–Kier alpha value is -2.83. The normalized spacial score (nSPS) is 10.7. The van der Waals surface area contributed by atoms with Crippen LogP contribution < -0.4 is 10.6 Å².